The highest BCUT2D eigenvalue weighted by molar-refractivity contribution is 9.09. The summed E-state index contributed by atoms with van der Waals surface area (Å²) in [6, 6.07) is 0.814. The highest BCUT2D eigenvalue weighted by atomic mass is 79.9. The summed E-state index contributed by atoms with van der Waals surface area (Å²) < 4.78 is 0. The van der Waals surface area contributed by atoms with Crippen molar-refractivity contribution >= 4 is 27.3 Å². The van der Waals surface area contributed by atoms with Crippen LogP contribution in [0.5, 0.6) is 0 Å². The first-order valence-electron chi connectivity index (χ1n) is 6.25. The molecular formula is C13H21BrN2S. The van der Waals surface area contributed by atoms with Crippen molar-refractivity contribution in [2.45, 2.75) is 51.6 Å². The molecule has 0 spiro atoms. The predicted molar refractivity (Wildman–Crippen MR) is 78.0 cm³/mol. The van der Waals surface area contributed by atoms with Gasteiger partial charge >= 0.3 is 0 Å². The van der Waals surface area contributed by atoms with Gasteiger partial charge in [0.1, 0.15) is 5.01 Å². The van der Waals surface area contributed by atoms with E-state index in [-0.39, 0.29) is 5.41 Å². The lowest BCUT2D eigenvalue weighted by Crippen LogP contribution is -2.27. The van der Waals surface area contributed by atoms with Crippen LogP contribution < -0.4 is 0 Å². The number of aromatic nitrogens is 1. The molecule has 0 aliphatic heterocycles. The van der Waals surface area contributed by atoms with Crippen LogP contribution in [0.3, 0.4) is 0 Å². The Labute approximate surface area is 117 Å². The van der Waals surface area contributed by atoms with Gasteiger partial charge in [-0.1, -0.05) is 36.7 Å². The Morgan fingerprint density at radius 2 is 2.18 bits per heavy atom. The van der Waals surface area contributed by atoms with Crippen molar-refractivity contribution in [2.75, 3.05) is 11.9 Å². The number of rotatable bonds is 5. The van der Waals surface area contributed by atoms with Gasteiger partial charge < -0.3 is 0 Å². The second-order valence-corrected chi connectivity index (χ2v) is 7.50. The minimum Gasteiger partial charge on any atom is -0.293 e. The van der Waals surface area contributed by atoms with Gasteiger partial charge in [-0.15, -0.1) is 11.3 Å². The molecule has 0 amide bonds. The van der Waals surface area contributed by atoms with E-state index in [1.165, 1.54) is 23.5 Å². The summed E-state index contributed by atoms with van der Waals surface area (Å²) in [7, 11) is 0. The van der Waals surface area contributed by atoms with Gasteiger partial charge in [-0.25, -0.2) is 4.98 Å². The molecule has 4 heteroatoms. The summed E-state index contributed by atoms with van der Waals surface area (Å²) in [4.78, 5) is 7.33. The molecule has 1 aliphatic rings. The molecule has 17 heavy (non-hydrogen) atoms. The summed E-state index contributed by atoms with van der Waals surface area (Å²) in [5.41, 5.74) is 1.40. The van der Waals surface area contributed by atoms with E-state index in [0.717, 1.165) is 24.5 Å². The van der Waals surface area contributed by atoms with Crippen LogP contribution in [-0.4, -0.2) is 27.8 Å². The molecule has 0 aromatic carbocycles. The predicted octanol–water partition coefficient (Wildman–Crippen LogP) is 3.80. The molecule has 0 N–H and O–H groups in total. The largest absolute Gasteiger partial charge is 0.293 e. The second kappa shape index (κ2) is 5.37. The lowest BCUT2D eigenvalue weighted by atomic mass is 9.93. The maximum absolute atomic E-state index is 4.78. The molecule has 0 radical (unpaired) electrons. The SMILES string of the molecule is CC(C)(C)c1csc(CN(CCBr)C2CC2)n1. The zero-order chi connectivity index (χ0) is 12.5. The van der Waals surface area contributed by atoms with Gasteiger partial charge in [-0.3, -0.25) is 4.90 Å². The molecule has 1 aliphatic carbocycles. The molecular weight excluding hydrogens is 296 g/mol. The quantitative estimate of drug-likeness (QED) is 0.768. The third-order valence-electron chi connectivity index (χ3n) is 3.09. The second-order valence-electron chi connectivity index (χ2n) is 5.77. The van der Waals surface area contributed by atoms with Crippen LogP contribution in [0.1, 0.15) is 44.3 Å². The van der Waals surface area contributed by atoms with Crippen molar-refractivity contribution in [1.82, 2.24) is 9.88 Å². The van der Waals surface area contributed by atoms with Gasteiger partial charge in [0.15, 0.2) is 0 Å². The van der Waals surface area contributed by atoms with E-state index in [4.69, 9.17) is 4.98 Å². The number of hydrogen-bond donors (Lipinski definition) is 0. The Kier molecular flexibility index (Phi) is 4.26. The van der Waals surface area contributed by atoms with Crippen LogP contribution >= 0.6 is 27.3 Å². The van der Waals surface area contributed by atoms with E-state index < -0.39 is 0 Å². The van der Waals surface area contributed by atoms with E-state index in [0.29, 0.717) is 0 Å². The highest BCUT2D eigenvalue weighted by Gasteiger charge is 2.29. The molecule has 0 unspecified atom stereocenters. The van der Waals surface area contributed by atoms with Crippen LogP contribution in [0.25, 0.3) is 0 Å². The number of nitrogens with zero attached hydrogens (tertiary/aromatic N) is 2. The van der Waals surface area contributed by atoms with E-state index >= 15 is 0 Å². The molecule has 1 heterocycles. The maximum Gasteiger partial charge on any atom is 0.107 e. The van der Waals surface area contributed by atoms with Crippen molar-refractivity contribution in [3.63, 3.8) is 0 Å². The molecule has 0 saturated heterocycles. The van der Waals surface area contributed by atoms with E-state index in [1.54, 1.807) is 0 Å². The van der Waals surface area contributed by atoms with Crippen LogP contribution in [0.15, 0.2) is 5.38 Å². The monoisotopic (exact) mass is 316 g/mol. The van der Waals surface area contributed by atoms with Gasteiger partial charge in [-0.2, -0.15) is 0 Å². The number of alkyl halides is 1. The minimum atomic E-state index is 0.175. The van der Waals surface area contributed by atoms with Gasteiger partial charge in [0, 0.05) is 28.7 Å². The van der Waals surface area contributed by atoms with E-state index in [1.807, 2.05) is 11.3 Å². The molecule has 1 saturated carbocycles. The fraction of sp³-hybridized carbons (Fsp3) is 0.769. The standard InChI is InChI=1S/C13H21BrN2S/c1-13(2,3)11-9-17-12(15-11)8-16(7-6-14)10-4-5-10/h9-10H,4-8H2,1-3H3. The Morgan fingerprint density at radius 3 is 2.65 bits per heavy atom. The smallest absolute Gasteiger partial charge is 0.107 e. The number of hydrogen-bond acceptors (Lipinski definition) is 3. The molecule has 2 nitrogen and oxygen atoms in total. The number of thiazole rings is 1. The van der Waals surface area contributed by atoms with E-state index in [9.17, 15) is 0 Å². The lowest BCUT2D eigenvalue weighted by Gasteiger charge is -2.19. The van der Waals surface area contributed by atoms with Gasteiger partial charge in [0.25, 0.3) is 0 Å². The van der Waals surface area contributed by atoms with Crippen molar-refractivity contribution in [3.8, 4) is 0 Å². The number of halogens is 1. The summed E-state index contributed by atoms with van der Waals surface area (Å²) in [5.74, 6) is 0. The van der Waals surface area contributed by atoms with Gasteiger partial charge in [0.2, 0.25) is 0 Å². The topological polar surface area (TPSA) is 16.1 Å². The first-order chi connectivity index (χ1) is 8.00. The molecule has 1 aromatic rings. The minimum absolute atomic E-state index is 0.175. The maximum atomic E-state index is 4.78. The molecule has 0 atom stereocenters. The normalized spacial score (nSPS) is 16.8. The first-order valence-corrected chi connectivity index (χ1v) is 8.25. The van der Waals surface area contributed by atoms with E-state index in [2.05, 4.69) is 47.0 Å². The fourth-order valence-electron chi connectivity index (χ4n) is 1.84. The third-order valence-corrected chi connectivity index (χ3v) is 4.28. The Morgan fingerprint density at radius 1 is 1.47 bits per heavy atom. The van der Waals surface area contributed by atoms with Gasteiger partial charge in [0.05, 0.1) is 12.2 Å². The van der Waals surface area contributed by atoms with Gasteiger partial charge in [-0.05, 0) is 12.8 Å². The zero-order valence-electron chi connectivity index (χ0n) is 10.9. The van der Waals surface area contributed by atoms with Crippen LogP contribution in [0.2, 0.25) is 0 Å². The highest BCUT2D eigenvalue weighted by Crippen LogP contribution is 2.30. The first kappa shape index (κ1) is 13.5. The summed E-state index contributed by atoms with van der Waals surface area (Å²) >= 11 is 5.35. The average molecular weight is 317 g/mol. The molecule has 1 aromatic heterocycles. The van der Waals surface area contributed by atoms with Crippen molar-refractivity contribution in [1.29, 1.82) is 0 Å². The van der Waals surface area contributed by atoms with Crippen LogP contribution in [0, 0.1) is 0 Å². The Bertz CT molecular complexity index is 366. The van der Waals surface area contributed by atoms with Crippen LogP contribution in [0.4, 0.5) is 0 Å². The van der Waals surface area contributed by atoms with Crippen LogP contribution in [-0.2, 0) is 12.0 Å². The fourth-order valence-corrected chi connectivity index (χ4v) is 3.34. The van der Waals surface area contributed by atoms with Crippen molar-refractivity contribution in [2.24, 2.45) is 0 Å². The average Bonchev–Trinajstić information content (AvgIpc) is 2.96. The molecule has 2 rings (SSSR count). The Balaban J connectivity index is 1.99. The molecule has 1 fully saturated rings. The molecule has 0 bridgehead atoms. The summed E-state index contributed by atoms with van der Waals surface area (Å²) in [6.07, 6.45) is 2.73. The summed E-state index contributed by atoms with van der Waals surface area (Å²) in [5, 5.41) is 4.54. The Hall–Kier alpha value is 0.0700. The summed E-state index contributed by atoms with van der Waals surface area (Å²) in [6.45, 7) is 8.83. The zero-order valence-corrected chi connectivity index (χ0v) is 13.3. The van der Waals surface area contributed by atoms with Crippen molar-refractivity contribution in [3.05, 3.63) is 16.1 Å². The van der Waals surface area contributed by atoms with Crippen molar-refractivity contribution < 1.29 is 0 Å². The molecule has 96 valence electrons. The lowest BCUT2D eigenvalue weighted by molar-refractivity contribution is 0.271. The third kappa shape index (κ3) is 3.76.